The van der Waals surface area contributed by atoms with Gasteiger partial charge in [0.25, 0.3) is 0 Å². The van der Waals surface area contributed by atoms with Gasteiger partial charge in [0.15, 0.2) is 0 Å². The molecule has 0 aliphatic carbocycles. The number of nitrogens with zero attached hydrogens (tertiary/aromatic N) is 1. The fourth-order valence-electron chi connectivity index (χ4n) is 2.58. The largest absolute Gasteiger partial charge is 0.335 e. The maximum atomic E-state index is 12.5. The molecule has 2 N–H and O–H groups in total. The van der Waals surface area contributed by atoms with E-state index in [-0.39, 0.29) is 36.3 Å². The van der Waals surface area contributed by atoms with E-state index in [9.17, 15) is 4.79 Å². The van der Waals surface area contributed by atoms with Crippen LogP contribution in [-0.2, 0) is 4.79 Å². The van der Waals surface area contributed by atoms with Crippen LogP contribution in [0.5, 0.6) is 0 Å². The van der Waals surface area contributed by atoms with Crippen LogP contribution in [0.2, 0.25) is 5.02 Å². The van der Waals surface area contributed by atoms with Crippen LogP contribution in [0.3, 0.4) is 0 Å². The van der Waals surface area contributed by atoms with E-state index in [1.165, 1.54) is 0 Å². The Labute approximate surface area is 131 Å². The van der Waals surface area contributed by atoms with E-state index in [4.69, 9.17) is 17.3 Å². The SMILES string of the molecule is CC(N)C(C)C(=O)N1CCCC1c1cccc(Cl)c1.Cl. The average Bonchev–Trinajstić information content (AvgIpc) is 2.86. The van der Waals surface area contributed by atoms with Gasteiger partial charge in [0.2, 0.25) is 5.91 Å². The maximum absolute atomic E-state index is 12.5. The molecule has 1 aromatic rings. The van der Waals surface area contributed by atoms with Crippen LogP contribution in [0, 0.1) is 5.92 Å². The zero-order valence-electron chi connectivity index (χ0n) is 11.9. The lowest BCUT2D eigenvalue weighted by molar-refractivity contribution is -0.136. The third-order valence-corrected chi connectivity index (χ3v) is 4.18. The Kier molecular flexibility index (Phi) is 6.31. The summed E-state index contributed by atoms with van der Waals surface area (Å²) in [4.78, 5) is 14.4. The Morgan fingerprint density at radius 2 is 2.15 bits per heavy atom. The molecule has 0 aromatic heterocycles. The molecule has 3 nitrogen and oxygen atoms in total. The molecule has 0 radical (unpaired) electrons. The van der Waals surface area contributed by atoms with Crippen LogP contribution in [0.25, 0.3) is 0 Å². The van der Waals surface area contributed by atoms with E-state index in [1.807, 2.05) is 43.0 Å². The lowest BCUT2D eigenvalue weighted by Gasteiger charge is -2.29. The van der Waals surface area contributed by atoms with Crippen molar-refractivity contribution < 1.29 is 4.79 Å². The van der Waals surface area contributed by atoms with E-state index < -0.39 is 0 Å². The molecule has 1 fully saturated rings. The highest BCUT2D eigenvalue weighted by Crippen LogP contribution is 2.34. The van der Waals surface area contributed by atoms with Crippen molar-refractivity contribution in [3.05, 3.63) is 34.9 Å². The second-order valence-electron chi connectivity index (χ2n) is 5.39. The summed E-state index contributed by atoms with van der Waals surface area (Å²) in [6.07, 6.45) is 2.03. The molecule has 1 heterocycles. The third kappa shape index (κ3) is 3.66. The highest BCUT2D eigenvalue weighted by Gasteiger charge is 2.33. The Morgan fingerprint density at radius 1 is 1.45 bits per heavy atom. The molecular formula is C15H22Cl2N2O. The number of rotatable bonds is 3. The number of halogens is 2. The van der Waals surface area contributed by atoms with E-state index in [0.29, 0.717) is 0 Å². The first-order valence-corrected chi connectivity index (χ1v) is 7.20. The highest BCUT2D eigenvalue weighted by atomic mass is 35.5. The third-order valence-electron chi connectivity index (χ3n) is 3.95. The van der Waals surface area contributed by atoms with Gasteiger partial charge in [-0.3, -0.25) is 4.79 Å². The molecule has 0 spiro atoms. The summed E-state index contributed by atoms with van der Waals surface area (Å²) in [6.45, 7) is 4.60. The second-order valence-corrected chi connectivity index (χ2v) is 5.83. The van der Waals surface area contributed by atoms with Gasteiger partial charge in [0.1, 0.15) is 0 Å². The van der Waals surface area contributed by atoms with Gasteiger partial charge in [-0.15, -0.1) is 12.4 Å². The summed E-state index contributed by atoms with van der Waals surface area (Å²) in [6, 6.07) is 7.82. The fraction of sp³-hybridized carbons (Fsp3) is 0.533. The van der Waals surface area contributed by atoms with Crippen molar-refractivity contribution in [2.75, 3.05) is 6.54 Å². The van der Waals surface area contributed by atoms with E-state index in [0.717, 1.165) is 30.0 Å². The molecule has 0 saturated carbocycles. The highest BCUT2D eigenvalue weighted by molar-refractivity contribution is 6.30. The van der Waals surface area contributed by atoms with Gasteiger partial charge in [0.05, 0.1) is 12.0 Å². The van der Waals surface area contributed by atoms with Gasteiger partial charge in [-0.1, -0.05) is 30.7 Å². The first-order valence-electron chi connectivity index (χ1n) is 6.82. The number of carbonyl (C=O) groups is 1. The zero-order valence-corrected chi connectivity index (χ0v) is 13.5. The van der Waals surface area contributed by atoms with Gasteiger partial charge in [-0.2, -0.15) is 0 Å². The molecule has 1 aliphatic heterocycles. The standard InChI is InChI=1S/C15H21ClN2O.ClH/c1-10(11(2)17)15(19)18-8-4-7-14(18)12-5-3-6-13(16)9-12;/h3,5-6,9-11,14H,4,7-8,17H2,1-2H3;1H. The Hall–Kier alpha value is -0.770. The number of carbonyl (C=O) groups excluding carboxylic acids is 1. The summed E-state index contributed by atoms with van der Waals surface area (Å²) < 4.78 is 0. The summed E-state index contributed by atoms with van der Waals surface area (Å²) in [5.74, 6) is 0.0114. The number of hydrogen-bond donors (Lipinski definition) is 1. The lowest BCUT2D eigenvalue weighted by Crippen LogP contribution is -2.41. The van der Waals surface area contributed by atoms with Gasteiger partial charge in [-0.05, 0) is 37.5 Å². The van der Waals surface area contributed by atoms with Crippen LogP contribution >= 0.6 is 24.0 Å². The number of hydrogen-bond acceptors (Lipinski definition) is 2. The normalized spacial score (nSPS) is 21.2. The van der Waals surface area contributed by atoms with Crippen LogP contribution < -0.4 is 5.73 Å². The Morgan fingerprint density at radius 3 is 2.75 bits per heavy atom. The van der Waals surface area contributed by atoms with Crippen molar-refractivity contribution in [1.29, 1.82) is 0 Å². The molecular weight excluding hydrogens is 295 g/mol. The topological polar surface area (TPSA) is 46.3 Å². The predicted octanol–water partition coefficient (Wildman–Crippen LogP) is 3.41. The summed E-state index contributed by atoms with van der Waals surface area (Å²) in [5.41, 5.74) is 6.96. The molecule has 2 rings (SSSR count). The van der Waals surface area contributed by atoms with E-state index >= 15 is 0 Å². The number of likely N-dealkylation sites (tertiary alicyclic amines) is 1. The lowest BCUT2D eigenvalue weighted by atomic mass is 10.00. The molecule has 3 unspecified atom stereocenters. The van der Waals surface area contributed by atoms with Gasteiger partial charge < -0.3 is 10.6 Å². The van der Waals surface area contributed by atoms with Crippen molar-refractivity contribution in [3.63, 3.8) is 0 Å². The monoisotopic (exact) mass is 316 g/mol. The summed E-state index contributed by atoms with van der Waals surface area (Å²) >= 11 is 6.04. The van der Waals surface area contributed by atoms with Gasteiger partial charge in [-0.25, -0.2) is 0 Å². The molecule has 3 atom stereocenters. The first-order chi connectivity index (χ1) is 9.00. The molecule has 0 bridgehead atoms. The number of benzene rings is 1. The molecule has 1 saturated heterocycles. The van der Waals surface area contributed by atoms with Crippen LogP contribution in [0.4, 0.5) is 0 Å². The first kappa shape index (κ1) is 17.3. The number of nitrogens with two attached hydrogens (primary N) is 1. The van der Waals surface area contributed by atoms with Crippen molar-refractivity contribution in [2.45, 2.75) is 38.8 Å². The maximum Gasteiger partial charge on any atom is 0.227 e. The molecule has 112 valence electrons. The quantitative estimate of drug-likeness (QED) is 0.928. The van der Waals surface area contributed by atoms with Crippen LogP contribution in [0.15, 0.2) is 24.3 Å². The van der Waals surface area contributed by atoms with Crippen molar-refractivity contribution in [3.8, 4) is 0 Å². The van der Waals surface area contributed by atoms with Crippen molar-refractivity contribution >= 4 is 29.9 Å². The Balaban J connectivity index is 0.00000200. The van der Waals surface area contributed by atoms with E-state index in [1.54, 1.807) is 0 Å². The number of amides is 1. The molecule has 1 aromatic carbocycles. The van der Waals surface area contributed by atoms with Crippen molar-refractivity contribution in [1.82, 2.24) is 4.90 Å². The minimum Gasteiger partial charge on any atom is -0.335 e. The van der Waals surface area contributed by atoms with Crippen LogP contribution in [0.1, 0.15) is 38.3 Å². The summed E-state index contributed by atoms with van der Waals surface area (Å²) in [5, 5.41) is 0.719. The molecule has 5 heteroatoms. The second kappa shape index (κ2) is 7.30. The predicted molar refractivity (Wildman–Crippen MR) is 85.2 cm³/mol. The van der Waals surface area contributed by atoms with E-state index in [2.05, 4.69) is 0 Å². The fourth-order valence-corrected chi connectivity index (χ4v) is 2.78. The molecule has 1 aliphatic rings. The van der Waals surface area contributed by atoms with Gasteiger partial charge >= 0.3 is 0 Å². The average molecular weight is 317 g/mol. The molecule has 1 amide bonds. The molecule has 20 heavy (non-hydrogen) atoms. The van der Waals surface area contributed by atoms with Crippen LogP contribution in [-0.4, -0.2) is 23.4 Å². The summed E-state index contributed by atoms with van der Waals surface area (Å²) in [7, 11) is 0. The van der Waals surface area contributed by atoms with Crippen molar-refractivity contribution in [2.24, 2.45) is 11.7 Å². The minimum absolute atomic E-state index is 0. The zero-order chi connectivity index (χ0) is 14.0. The smallest absolute Gasteiger partial charge is 0.227 e. The Bertz CT molecular complexity index is 465. The van der Waals surface area contributed by atoms with Gasteiger partial charge in [0, 0.05) is 17.6 Å². The minimum atomic E-state index is -0.139.